The molecule has 0 radical (unpaired) electrons. The highest BCUT2D eigenvalue weighted by Crippen LogP contribution is 2.32. The number of aromatic nitrogens is 5. The van der Waals surface area contributed by atoms with Crippen molar-refractivity contribution in [3.63, 3.8) is 0 Å². The highest BCUT2D eigenvalue weighted by atomic mass is 16.3. The molecule has 1 aliphatic rings. The molecule has 0 saturated carbocycles. The van der Waals surface area contributed by atoms with Crippen molar-refractivity contribution < 1.29 is 9.90 Å². The minimum Gasteiger partial charge on any atom is -0.383 e. The monoisotopic (exact) mass is 548 g/mol. The first-order valence-corrected chi connectivity index (χ1v) is 13.6. The number of aliphatic hydroxyl groups is 1. The number of nitrogens with zero attached hydrogens (tertiary/aromatic N) is 8. The molecule has 5 heterocycles. The van der Waals surface area contributed by atoms with Crippen molar-refractivity contribution in [3.05, 3.63) is 90.6 Å². The first kappa shape index (κ1) is 26.4. The number of hydrogen-bond acceptors (Lipinski definition) is 7. The van der Waals surface area contributed by atoms with Crippen LogP contribution in [0.3, 0.4) is 0 Å². The Bertz CT molecular complexity index is 1670. The molecule has 1 atom stereocenters. The standard InChI is InChI=1S/C31H32N8O2/c1-32-16-25-18-35-39-21-24(26-19-34-36(2)20-26)15-27(30(25)39)23-8-9-29(33-17-23)37-10-12-38(13-11-37)31(41)28(40)14-22-6-4-3-5-7-22/h3-9,15,17-21,28,40H,1,10-14,16H2,2H3/t28-/m0/s1. The van der Waals surface area contributed by atoms with E-state index in [1.165, 1.54) is 0 Å². The van der Waals surface area contributed by atoms with Gasteiger partial charge in [-0.3, -0.25) is 14.5 Å². The van der Waals surface area contributed by atoms with E-state index < -0.39 is 6.10 Å². The molecule has 41 heavy (non-hydrogen) atoms. The maximum Gasteiger partial charge on any atom is 0.251 e. The molecule has 0 bridgehead atoms. The molecular weight excluding hydrogens is 516 g/mol. The highest BCUT2D eigenvalue weighted by molar-refractivity contribution is 5.86. The number of carbonyl (C=O) groups is 1. The number of fused-ring (bicyclic) bond motifs is 1. The van der Waals surface area contributed by atoms with Gasteiger partial charge >= 0.3 is 0 Å². The number of pyridine rings is 2. The fourth-order valence-electron chi connectivity index (χ4n) is 5.39. The van der Waals surface area contributed by atoms with Crippen LogP contribution in [0, 0.1) is 0 Å². The van der Waals surface area contributed by atoms with Crippen LogP contribution in [0.1, 0.15) is 11.1 Å². The van der Waals surface area contributed by atoms with Gasteiger partial charge in [-0.15, -0.1) is 0 Å². The fourth-order valence-corrected chi connectivity index (χ4v) is 5.39. The number of piperazine rings is 1. The van der Waals surface area contributed by atoms with Crippen molar-refractivity contribution in [1.29, 1.82) is 0 Å². The van der Waals surface area contributed by atoms with Crippen LogP contribution in [0.25, 0.3) is 27.8 Å². The Labute approximate surface area is 238 Å². The molecule has 4 aromatic heterocycles. The molecule has 1 aliphatic heterocycles. The van der Waals surface area contributed by atoms with Crippen molar-refractivity contribution in [2.24, 2.45) is 12.0 Å². The van der Waals surface area contributed by atoms with Gasteiger partial charge in [0.1, 0.15) is 11.9 Å². The summed E-state index contributed by atoms with van der Waals surface area (Å²) < 4.78 is 3.66. The molecule has 10 heteroatoms. The van der Waals surface area contributed by atoms with E-state index in [1.54, 1.807) is 9.58 Å². The van der Waals surface area contributed by atoms with E-state index in [0.717, 1.165) is 44.7 Å². The number of amides is 1. The van der Waals surface area contributed by atoms with Crippen LogP contribution < -0.4 is 4.90 Å². The SMILES string of the molecule is C=NCc1cnn2cc(-c3cnn(C)c3)cc(-c3ccc(N4CCN(C(=O)[C@@H](O)Cc5ccccc5)CC4)nc3)c12. The molecule has 0 spiro atoms. The van der Waals surface area contributed by atoms with Gasteiger partial charge in [-0.1, -0.05) is 30.3 Å². The van der Waals surface area contributed by atoms with Crippen LogP contribution in [-0.4, -0.2) is 79.3 Å². The molecule has 5 aromatic rings. The van der Waals surface area contributed by atoms with Crippen LogP contribution in [0.4, 0.5) is 5.82 Å². The van der Waals surface area contributed by atoms with E-state index in [2.05, 4.69) is 38.9 Å². The molecule has 208 valence electrons. The molecule has 1 saturated heterocycles. The lowest BCUT2D eigenvalue weighted by molar-refractivity contribution is -0.140. The molecule has 6 rings (SSSR count). The van der Waals surface area contributed by atoms with Crippen molar-refractivity contribution in [2.75, 3.05) is 31.1 Å². The van der Waals surface area contributed by atoms with Gasteiger partial charge in [-0.25, -0.2) is 9.50 Å². The summed E-state index contributed by atoms with van der Waals surface area (Å²) in [6, 6.07) is 15.8. The second-order valence-electron chi connectivity index (χ2n) is 10.3. The lowest BCUT2D eigenvalue weighted by Crippen LogP contribution is -2.52. The van der Waals surface area contributed by atoms with Crippen LogP contribution in [0.2, 0.25) is 0 Å². The minimum atomic E-state index is -1.04. The Morgan fingerprint density at radius 1 is 0.976 bits per heavy atom. The van der Waals surface area contributed by atoms with Gasteiger partial charge in [0.25, 0.3) is 5.91 Å². The first-order valence-electron chi connectivity index (χ1n) is 13.6. The highest BCUT2D eigenvalue weighted by Gasteiger charge is 2.27. The molecule has 1 N–H and O–H groups in total. The number of hydrogen-bond donors (Lipinski definition) is 1. The van der Waals surface area contributed by atoms with Crippen molar-refractivity contribution in [3.8, 4) is 22.3 Å². The maximum atomic E-state index is 12.9. The van der Waals surface area contributed by atoms with Crippen LogP contribution in [0.15, 0.2) is 84.5 Å². The second kappa shape index (κ2) is 11.3. The van der Waals surface area contributed by atoms with E-state index >= 15 is 0 Å². The number of anilines is 1. The largest absolute Gasteiger partial charge is 0.383 e. The fraction of sp³-hybridized carbons (Fsp3) is 0.258. The third-order valence-electron chi connectivity index (χ3n) is 7.54. The van der Waals surface area contributed by atoms with Gasteiger partial charge in [-0.05, 0) is 30.5 Å². The summed E-state index contributed by atoms with van der Waals surface area (Å²) in [5, 5.41) is 19.4. The van der Waals surface area contributed by atoms with Crippen molar-refractivity contribution >= 4 is 24.0 Å². The average molecular weight is 549 g/mol. The van der Waals surface area contributed by atoms with Crippen molar-refractivity contribution in [2.45, 2.75) is 19.1 Å². The van der Waals surface area contributed by atoms with E-state index in [-0.39, 0.29) is 5.91 Å². The topological polar surface area (TPSA) is 104 Å². The first-order chi connectivity index (χ1) is 20.0. The molecule has 1 aromatic carbocycles. The van der Waals surface area contributed by atoms with E-state index in [0.29, 0.717) is 39.1 Å². The Kier molecular flexibility index (Phi) is 7.30. The minimum absolute atomic E-state index is 0.222. The van der Waals surface area contributed by atoms with E-state index in [9.17, 15) is 9.90 Å². The number of rotatable bonds is 8. The summed E-state index contributed by atoms with van der Waals surface area (Å²) in [6.45, 7) is 6.51. The van der Waals surface area contributed by atoms with Crippen LogP contribution in [-0.2, 0) is 24.8 Å². The quantitative estimate of drug-likeness (QED) is 0.299. The third kappa shape index (κ3) is 5.46. The number of benzene rings is 1. The molecule has 10 nitrogen and oxygen atoms in total. The molecule has 0 aliphatic carbocycles. The summed E-state index contributed by atoms with van der Waals surface area (Å²) in [4.78, 5) is 25.7. The second-order valence-corrected chi connectivity index (χ2v) is 10.3. The van der Waals surface area contributed by atoms with E-state index in [1.807, 2.05) is 78.9 Å². The number of aliphatic hydroxyl groups excluding tert-OH is 1. The Balaban J connectivity index is 1.19. The van der Waals surface area contributed by atoms with Gasteiger partial charge in [-0.2, -0.15) is 10.2 Å². The number of aliphatic imine (C=N–C) groups is 1. The van der Waals surface area contributed by atoms with E-state index in [4.69, 9.17) is 4.98 Å². The predicted octanol–water partition coefficient (Wildman–Crippen LogP) is 3.25. The Morgan fingerprint density at radius 2 is 1.78 bits per heavy atom. The normalized spacial score (nSPS) is 14.4. The van der Waals surface area contributed by atoms with Gasteiger partial charge in [0, 0.05) is 86.1 Å². The third-order valence-corrected chi connectivity index (χ3v) is 7.54. The molecular formula is C31H32N8O2. The van der Waals surface area contributed by atoms with Gasteiger partial charge in [0.2, 0.25) is 0 Å². The summed E-state index contributed by atoms with van der Waals surface area (Å²) in [6.07, 6.45) is 8.82. The van der Waals surface area contributed by atoms with Gasteiger partial charge in [0.15, 0.2) is 0 Å². The van der Waals surface area contributed by atoms with Crippen LogP contribution >= 0.6 is 0 Å². The zero-order valence-electron chi connectivity index (χ0n) is 23.0. The smallest absolute Gasteiger partial charge is 0.251 e. The van der Waals surface area contributed by atoms with Crippen LogP contribution in [0.5, 0.6) is 0 Å². The lowest BCUT2D eigenvalue weighted by Gasteiger charge is -2.36. The molecule has 0 unspecified atom stereocenters. The Hall–Kier alpha value is -4.83. The summed E-state index contributed by atoms with van der Waals surface area (Å²) >= 11 is 0. The summed E-state index contributed by atoms with van der Waals surface area (Å²) in [5.41, 5.74) is 6.88. The maximum absolute atomic E-state index is 12.9. The summed E-state index contributed by atoms with van der Waals surface area (Å²) in [7, 11) is 1.90. The zero-order chi connectivity index (χ0) is 28.3. The number of aryl methyl sites for hydroxylation is 1. The van der Waals surface area contributed by atoms with Gasteiger partial charge in [0.05, 0.1) is 24.5 Å². The molecule has 1 amide bonds. The van der Waals surface area contributed by atoms with Gasteiger partial charge < -0.3 is 14.9 Å². The summed E-state index contributed by atoms with van der Waals surface area (Å²) in [5.74, 6) is 0.631. The lowest BCUT2D eigenvalue weighted by atomic mass is 10.0. The Morgan fingerprint density at radius 3 is 2.46 bits per heavy atom. The van der Waals surface area contributed by atoms with Crippen molar-refractivity contribution in [1.82, 2.24) is 29.3 Å². The average Bonchev–Trinajstić information content (AvgIpc) is 3.63. The number of carbonyl (C=O) groups excluding carboxylic acids is 1. The predicted molar refractivity (Wildman–Crippen MR) is 159 cm³/mol. The zero-order valence-corrected chi connectivity index (χ0v) is 23.0. The molecule has 1 fully saturated rings.